The summed E-state index contributed by atoms with van der Waals surface area (Å²) in [6.45, 7) is 7.06. The van der Waals surface area contributed by atoms with Crippen molar-refractivity contribution in [2.75, 3.05) is 6.61 Å². The average molecular weight is 436 g/mol. The van der Waals surface area contributed by atoms with Gasteiger partial charge in [-0.25, -0.2) is 4.79 Å². The Morgan fingerprint density at radius 3 is 2.31 bits per heavy atom. The van der Waals surface area contributed by atoms with Gasteiger partial charge < -0.3 is 9.47 Å². The minimum atomic E-state index is -0.453. The lowest BCUT2D eigenvalue weighted by Crippen LogP contribution is -2.13. The van der Waals surface area contributed by atoms with Crippen LogP contribution in [0.1, 0.15) is 105 Å². The van der Waals surface area contributed by atoms with E-state index in [2.05, 4.69) is 19.9 Å². The number of hydrogen-bond donors (Lipinski definition) is 0. The number of unbranched alkanes of at least 4 members (excludes halogenated alkanes) is 5. The topological polar surface area (TPSA) is 59.3 Å². The summed E-state index contributed by atoms with van der Waals surface area (Å²) in [7, 11) is 0. The number of rotatable bonds is 14. The van der Waals surface area contributed by atoms with Gasteiger partial charge in [0.15, 0.2) is 0 Å². The Kier molecular flexibility index (Phi) is 11.4. The number of hydrogen-bond acceptors (Lipinski definition) is 4. The molecule has 0 fully saturated rings. The number of nitrogens with zero attached hydrogens (tertiary/aromatic N) is 1. The summed E-state index contributed by atoms with van der Waals surface area (Å²) in [5, 5.41) is 9.57. The van der Waals surface area contributed by atoms with E-state index < -0.39 is 5.97 Å². The largest absolute Gasteiger partial charge is 0.494 e. The number of benzene rings is 2. The summed E-state index contributed by atoms with van der Waals surface area (Å²) in [6.07, 6.45) is 9.29. The van der Waals surface area contributed by atoms with Crippen LogP contribution in [0.2, 0.25) is 0 Å². The third-order valence-electron chi connectivity index (χ3n) is 5.63. The van der Waals surface area contributed by atoms with Gasteiger partial charge >= 0.3 is 5.97 Å². The van der Waals surface area contributed by atoms with Crippen LogP contribution in [0.4, 0.5) is 0 Å². The molecule has 0 aliphatic heterocycles. The van der Waals surface area contributed by atoms with Crippen molar-refractivity contribution in [2.45, 2.75) is 84.7 Å². The zero-order valence-electron chi connectivity index (χ0n) is 19.9. The fourth-order valence-corrected chi connectivity index (χ4v) is 3.67. The smallest absolute Gasteiger partial charge is 0.340 e. The first-order chi connectivity index (χ1) is 15.6. The Morgan fingerprint density at radius 1 is 0.938 bits per heavy atom. The average Bonchev–Trinajstić information content (AvgIpc) is 2.83. The standard InChI is InChI=1S/C28H37NO3/c1-4-7-9-10-12-22-13-18-26(24(20-22)21-29)28(30)32-27(6-3)23-14-16-25(17-15-23)31-19-11-8-5-2/h13-18,20,27H,4-12,19H2,1-3H3. The number of esters is 1. The Balaban J connectivity index is 2.00. The van der Waals surface area contributed by atoms with Crippen LogP contribution >= 0.6 is 0 Å². The zero-order valence-corrected chi connectivity index (χ0v) is 19.9. The minimum absolute atomic E-state index is 0.333. The molecule has 172 valence electrons. The normalized spacial score (nSPS) is 11.6. The highest BCUT2D eigenvalue weighted by Crippen LogP contribution is 2.26. The maximum absolute atomic E-state index is 12.8. The Labute approximate surface area is 193 Å². The first kappa shape index (κ1) is 25.5. The fraction of sp³-hybridized carbons (Fsp3) is 0.500. The van der Waals surface area contributed by atoms with Gasteiger partial charge in [-0.05, 0) is 61.1 Å². The van der Waals surface area contributed by atoms with Crippen molar-refractivity contribution >= 4 is 5.97 Å². The van der Waals surface area contributed by atoms with E-state index in [0.29, 0.717) is 24.2 Å². The van der Waals surface area contributed by atoms with Crippen molar-refractivity contribution < 1.29 is 14.3 Å². The molecule has 0 aliphatic carbocycles. The lowest BCUT2D eigenvalue weighted by atomic mass is 10.0. The lowest BCUT2D eigenvalue weighted by Gasteiger charge is -2.18. The molecule has 2 aromatic carbocycles. The molecule has 2 rings (SSSR count). The third-order valence-corrected chi connectivity index (χ3v) is 5.63. The molecule has 0 N–H and O–H groups in total. The van der Waals surface area contributed by atoms with Crippen LogP contribution in [0, 0.1) is 11.3 Å². The monoisotopic (exact) mass is 435 g/mol. The van der Waals surface area contributed by atoms with E-state index in [-0.39, 0.29) is 6.10 Å². The van der Waals surface area contributed by atoms with Gasteiger partial charge in [-0.15, -0.1) is 0 Å². The molecular formula is C28H37NO3. The quantitative estimate of drug-likeness (QED) is 0.227. The molecule has 0 saturated carbocycles. The zero-order chi connectivity index (χ0) is 23.2. The number of carbonyl (C=O) groups is 1. The van der Waals surface area contributed by atoms with Crippen molar-refractivity contribution in [1.82, 2.24) is 0 Å². The number of ether oxygens (including phenoxy) is 2. The van der Waals surface area contributed by atoms with Gasteiger partial charge in [0.25, 0.3) is 0 Å². The summed E-state index contributed by atoms with van der Waals surface area (Å²) < 4.78 is 11.6. The molecule has 4 heteroatoms. The van der Waals surface area contributed by atoms with Crippen LogP contribution in [0.5, 0.6) is 5.75 Å². The van der Waals surface area contributed by atoms with Crippen molar-refractivity contribution in [3.63, 3.8) is 0 Å². The number of nitriles is 1. The fourth-order valence-electron chi connectivity index (χ4n) is 3.67. The SMILES string of the molecule is CCCCCCc1ccc(C(=O)OC(CC)c2ccc(OCCCCC)cc2)c(C#N)c1. The molecule has 0 heterocycles. The van der Waals surface area contributed by atoms with Gasteiger partial charge in [-0.3, -0.25) is 0 Å². The number of aryl methyl sites for hydroxylation is 1. The molecule has 0 saturated heterocycles. The van der Waals surface area contributed by atoms with Crippen molar-refractivity contribution in [3.05, 3.63) is 64.7 Å². The second-order valence-corrected chi connectivity index (χ2v) is 8.23. The first-order valence-electron chi connectivity index (χ1n) is 12.1. The van der Waals surface area contributed by atoms with Crippen molar-refractivity contribution in [3.8, 4) is 11.8 Å². The van der Waals surface area contributed by atoms with E-state index in [1.807, 2.05) is 43.3 Å². The molecular weight excluding hydrogens is 398 g/mol. The third kappa shape index (κ3) is 8.04. The van der Waals surface area contributed by atoms with Gasteiger partial charge in [-0.2, -0.15) is 5.26 Å². The second-order valence-electron chi connectivity index (χ2n) is 8.23. The predicted octanol–water partition coefficient (Wildman–Crippen LogP) is 7.56. The molecule has 4 nitrogen and oxygen atoms in total. The van der Waals surface area contributed by atoms with Gasteiger partial charge in [0.1, 0.15) is 17.9 Å². The minimum Gasteiger partial charge on any atom is -0.494 e. The predicted molar refractivity (Wildman–Crippen MR) is 129 cm³/mol. The Hall–Kier alpha value is -2.80. The molecule has 0 aromatic heterocycles. The molecule has 0 radical (unpaired) electrons. The second kappa shape index (κ2) is 14.3. The first-order valence-corrected chi connectivity index (χ1v) is 12.1. The van der Waals surface area contributed by atoms with Crippen LogP contribution < -0.4 is 4.74 Å². The van der Waals surface area contributed by atoms with E-state index in [1.54, 1.807) is 6.07 Å². The van der Waals surface area contributed by atoms with Crippen LogP contribution in [-0.2, 0) is 11.2 Å². The van der Waals surface area contributed by atoms with Gasteiger partial charge in [0.05, 0.1) is 17.7 Å². The number of carbonyl (C=O) groups excluding carboxylic acids is 1. The summed E-state index contributed by atoms with van der Waals surface area (Å²) in [4.78, 5) is 12.8. The van der Waals surface area contributed by atoms with Crippen molar-refractivity contribution in [2.24, 2.45) is 0 Å². The Bertz CT molecular complexity index is 867. The Morgan fingerprint density at radius 2 is 1.66 bits per heavy atom. The van der Waals surface area contributed by atoms with Crippen LogP contribution in [-0.4, -0.2) is 12.6 Å². The van der Waals surface area contributed by atoms with Crippen LogP contribution in [0.15, 0.2) is 42.5 Å². The van der Waals surface area contributed by atoms with Crippen LogP contribution in [0.3, 0.4) is 0 Å². The van der Waals surface area contributed by atoms with Gasteiger partial charge in [0, 0.05) is 0 Å². The molecule has 0 spiro atoms. The molecule has 0 bridgehead atoms. The maximum atomic E-state index is 12.8. The van der Waals surface area contributed by atoms with Gasteiger partial charge in [0.2, 0.25) is 0 Å². The summed E-state index contributed by atoms with van der Waals surface area (Å²) in [5.74, 6) is 0.373. The lowest BCUT2D eigenvalue weighted by molar-refractivity contribution is 0.0287. The van der Waals surface area contributed by atoms with E-state index in [4.69, 9.17) is 9.47 Å². The molecule has 0 amide bonds. The van der Waals surface area contributed by atoms with E-state index in [9.17, 15) is 10.1 Å². The molecule has 1 unspecified atom stereocenters. The highest BCUT2D eigenvalue weighted by atomic mass is 16.5. The van der Waals surface area contributed by atoms with E-state index in [0.717, 1.165) is 42.6 Å². The summed E-state index contributed by atoms with van der Waals surface area (Å²) in [6, 6.07) is 15.4. The molecule has 32 heavy (non-hydrogen) atoms. The van der Waals surface area contributed by atoms with Crippen LogP contribution in [0.25, 0.3) is 0 Å². The summed E-state index contributed by atoms with van der Waals surface area (Å²) >= 11 is 0. The maximum Gasteiger partial charge on any atom is 0.340 e. The van der Waals surface area contributed by atoms with E-state index in [1.165, 1.54) is 25.7 Å². The van der Waals surface area contributed by atoms with E-state index >= 15 is 0 Å². The highest BCUT2D eigenvalue weighted by Gasteiger charge is 2.19. The molecule has 0 aliphatic rings. The molecule has 2 aromatic rings. The molecule has 1 atom stereocenters. The van der Waals surface area contributed by atoms with Crippen molar-refractivity contribution in [1.29, 1.82) is 5.26 Å². The summed E-state index contributed by atoms with van der Waals surface area (Å²) in [5.41, 5.74) is 2.73. The van der Waals surface area contributed by atoms with Gasteiger partial charge in [-0.1, -0.05) is 71.1 Å². The highest BCUT2D eigenvalue weighted by molar-refractivity contribution is 5.92.